The van der Waals surface area contributed by atoms with Crippen molar-refractivity contribution in [1.29, 1.82) is 0 Å². The molecule has 0 unspecified atom stereocenters. The summed E-state index contributed by atoms with van der Waals surface area (Å²) in [4.78, 5) is 14.4. The molecule has 2 heterocycles. The zero-order chi connectivity index (χ0) is 12.3. The average molecular weight is 237 g/mol. The Balaban J connectivity index is 0.000000606. The van der Waals surface area contributed by atoms with E-state index in [-0.39, 0.29) is 0 Å². The van der Waals surface area contributed by atoms with Crippen molar-refractivity contribution in [2.24, 2.45) is 0 Å². The summed E-state index contributed by atoms with van der Waals surface area (Å²) in [6.45, 7) is 12.2. The average Bonchev–Trinajstić information content (AvgIpc) is 2.62. The fourth-order valence-corrected chi connectivity index (χ4v) is 2.19. The van der Waals surface area contributed by atoms with E-state index in [2.05, 4.69) is 28.8 Å². The van der Waals surface area contributed by atoms with E-state index < -0.39 is 0 Å². The summed E-state index contributed by atoms with van der Waals surface area (Å²) in [5, 5.41) is 1.05. The first kappa shape index (κ1) is 13.0. The lowest BCUT2D eigenvalue weighted by molar-refractivity contribution is 0.777. The van der Waals surface area contributed by atoms with E-state index in [9.17, 15) is 0 Å². The van der Waals surface area contributed by atoms with Gasteiger partial charge in [0.2, 0.25) is 0 Å². The molecule has 4 heteroatoms. The van der Waals surface area contributed by atoms with Crippen LogP contribution in [-0.2, 0) is 0 Å². The Morgan fingerprint density at radius 3 is 2.19 bits per heavy atom. The van der Waals surface area contributed by atoms with Crippen molar-refractivity contribution in [3.8, 4) is 0 Å². The first-order chi connectivity index (χ1) is 7.58. The third-order valence-electron chi connectivity index (χ3n) is 2.07. The van der Waals surface area contributed by atoms with E-state index in [1.54, 1.807) is 11.3 Å². The molecule has 2 rings (SSSR count). The maximum Gasteiger partial charge on any atom is 0.147 e. The molecule has 2 aromatic heterocycles. The highest BCUT2D eigenvalue weighted by atomic mass is 32.1. The van der Waals surface area contributed by atoms with Crippen LogP contribution in [0, 0.1) is 13.8 Å². The van der Waals surface area contributed by atoms with Crippen molar-refractivity contribution in [2.45, 2.75) is 47.5 Å². The van der Waals surface area contributed by atoms with Crippen LogP contribution in [0.2, 0.25) is 0 Å². The number of thiazole rings is 1. The molecule has 0 spiro atoms. The Kier molecular flexibility index (Phi) is 4.35. The molecule has 0 aliphatic heterocycles. The molecule has 0 aromatic carbocycles. The number of fused-ring (bicyclic) bond motifs is 1. The highest BCUT2D eigenvalue weighted by Crippen LogP contribution is 2.23. The molecule has 0 N–H and O–H groups in total. The van der Waals surface area contributed by atoms with Crippen molar-refractivity contribution in [1.82, 2.24) is 15.0 Å². The molecule has 2 aromatic rings. The number of hydrogen-bond acceptors (Lipinski definition) is 4. The summed E-state index contributed by atoms with van der Waals surface area (Å²) in [6.07, 6.45) is 0. The monoisotopic (exact) mass is 237 g/mol. The Labute approximate surface area is 101 Å². The molecule has 0 saturated carbocycles. The van der Waals surface area contributed by atoms with Crippen LogP contribution in [0.1, 0.15) is 50.1 Å². The topological polar surface area (TPSA) is 38.7 Å². The van der Waals surface area contributed by atoms with Crippen LogP contribution in [0.15, 0.2) is 0 Å². The summed E-state index contributed by atoms with van der Waals surface area (Å²) >= 11 is 1.64. The van der Waals surface area contributed by atoms with E-state index >= 15 is 0 Å². The summed E-state index contributed by atoms with van der Waals surface area (Å²) in [6, 6.07) is 0. The highest BCUT2D eigenvalue weighted by molar-refractivity contribution is 7.18. The minimum absolute atomic E-state index is 0.375. The van der Waals surface area contributed by atoms with Gasteiger partial charge in [0.15, 0.2) is 0 Å². The lowest BCUT2D eigenvalue weighted by Crippen LogP contribution is -1.99. The van der Waals surface area contributed by atoms with E-state index in [1.165, 1.54) is 0 Å². The van der Waals surface area contributed by atoms with Crippen LogP contribution in [0.5, 0.6) is 0 Å². The summed E-state index contributed by atoms with van der Waals surface area (Å²) in [5.41, 5.74) is 1.94. The number of aromatic nitrogens is 3. The fraction of sp³-hybridized carbons (Fsp3) is 0.583. The fourth-order valence-electron chi connectivity index (χ4n) is 1.34. The standard InChI is InChI=1S/C10H13N3S.C2H6/c1-5(2)9-11-6(3)8-10(13-9)14-7(4)12-8;1-2/h5H,1-4H3;1-2H3. The van der Waals surface area contributed by atoms with Gasteiger partial charge in [0.1, 0.15) is 16.2 Å². The summed E-state index contributed by atoms with van der Waals surface area (Å²) in [5.74, 6) is 1.29. The first-order valence-corrected chi connectivity index (χ1v) is 6.51. The molecule has 0 saturated heterocycles. The molecule has 0 radical (unpaired) electrons. The second kappa shape index (κ2) is 5.34. The third kappa shape index (κ3) is 2.55. The van der Waals surface area contributed by atoms with Crippen LogP contribution in [-0.4, -0.2) is 15.0 Å². The van der Waals surface area contributed by atoms with Crippen LogP contribution in [0.4, 0.5) is 0 Å². The molecule has 16 heavy (non-hydrogen) atoms. The molecule has 0 bridgehead atoms. The molecule has 88 valence electrons. The van der Waals surface area contributed by atoms with E-state index in [4.69, 9.17) is 0 Å². The Morgan fingerprint density at radius 1 is 1.00 bits per heavy atom. The van der Waals surface area contributed by atoms with Gasteiger partial charge in [-0.1, -0.05) is 39.0 Å². The summed E-state index contributed by atoms with van der Waals surface area (Å²) in [7, 11) is 0. The molecule has 0 amide bonds. The minimum Gasteiger partial charge on any atom is -0.238 e. The second-order valence-electron chi connectivity index (χ2n) is 3.71. The predicted molar refractivity (Wildman–Crippen MR) is 70.1 cm³/mol. The molecule has 0 aliphatic carbocycles. The quantitative estimate of drug-likeness (QED) is 0.756. The van der Waals surface area contributed by atoms with Crippen molar-refractivity contribution < 1.29 is 0 Å². The first-order valence-electron chi connectivity index (χ1n) is 5.69. The zero-order valence-corrected chi connectivity index (χ0v) is 11.6. The number of aryl methyl sites for hydroxylation is 2. The molecular formula is C12H19N3S. The molecule has 0 atom stereocenters. The van der Waals surface area contributed by atoms with Crippen LogP contribution in [0.3, 0.4) is 0 Å². The Bertz CT molecular complexity index is 474. The maximum atomic E-state index is 4.50. The smallest absolute Gasteiger partial charge is 0.147 e. The Morgan fingerprint density at radius 2 is 1.62 bits per heavy atom. The zero-order valence-electron chi connectivity index (χ0n) is 10.8. The lowest BCUT2D eigenvalue weighted by atomic mass is 10.2. The van der Waals surface area contributed by atoms with Gasteiger partial charge in [0.05, 0.1) is 10.7 Å². The van der Waals surface area contributed by atoms with Gasteiger partial charge in [-0.3, -0.25) is 0 Å². The molecule has 3 nitrogen and oxygen atoms in total. The van der Waals surface area contributed by atoms with Gasteiger partial charge in [-0.25, -0.2) is 15.0 Å². The number of nitrogens with zero attached hydrogens (tertiary/aromatic N) is 3. The van der Waals surface area contributed by atoms with Crippen LogP contribution < -0.4 is 0 Å². The summed E-state index contributed by atoms with van der Waals surface area (Å²) < 4.78 is 0. The third-order valence-corrected chi connectivity index (χ3v) is 2.94. The van der Waals surface area contributed by atoms with Gasteiger partial charge in [0.25, 0.3) is 0 Å². The van der Waals surface area contributed by atoms with Gasteiger partial charge in [-0.2, -0.15) is 0 Å². The molecule has 0 aliphatic rings. The Hall–Kier alpha value is -1.03. The lowest BCUT2D eigenvalue weighted by Gasteiger charge is -2.03. The van der Waals surface area contributed by atoms with Crippen LogP contribution in [0.25, 0.3) is 10.3 Å². The van der Waals surface area contributed by atoms with Gasteiger partial charge in [0, 0.05) is 5.92 Å². The largest absolute Gasteiger partial charge is 0.238 e. The van der Waals surface area contributed by atoms with Crippen molar-refractivity contribution in [3.05, 3.63) is 16.5 Å². The second-order valence-corrected chi connectivity index (χ2v) is 4.89. The normalized spacial score (nSPS) is 10.4. The van der Waals surface area contributed by atoms with Gasteiger partial charge >= 0.3 is 0 Å². The molecular weight excluding hydrogens is 218 g/mol. The van der Waals surface area contributed by atoms with E-state index in [1.807, 2.05) is 27.7 Å². The van der Waals surface area contributed by atoms with Gasteiger partial charge in [-0.05, 0) is 13.8 Å². The van der Waals surface area contributed by atoms with Gasteiger partial charge < -0.3 is 0 Å². The van der Waals surface area contributed by atoms with Crippen LogP contribution >= 0.6 is 11.3 Å². The minimum atomic E-state index is 0.375. The number of rotatable bonds is 1. The highest BCUT2D eigenvalue weighted by Gasteiger charge is 2.10. The van der Waals surface area contributed by atoms with Gasteiger partial charge in [-0.15, -0.1) is 0 Å². The number of hydrogen-bond donors (Lipinski definition) is 0. The SMILES string of the molecule is CC.Cc1nc2c(C)nc(C(C)C)nc2s1. The van der Waals surface area contributed by atoms with Crippen molar-refractivity contribution >= 4 is 21.7 Å². The van der Waals surface area contributed by atoms with Crippen molar-refractivity contribution in [3.63, 3.8) is 0 Å². The van der Waals surface area contributed by atoms with E-state index in [0.717, 1.165) is 26.9 Å². The maximum absolute atomic E-state index is 4.50. The molecule has 0 fully saturated rings. The predicted octanol–water partition coefficient (Wildman–Crippen LogP) is 3.85. The van der Waals surface area contributed by atoms with Crippen molar-refractivity contribution in [2.75, 3.05) is 0 Å². The van der Waals surface area contributed by atoms with E-state index in [0.29, 0.717) is 5.92 Å².